The second kappa shape index (κ2) is 5.95. The molecule has 2 heteroatoms. The molecule has 0 heterocycles. The third-order valence-corrected chi connectivity index (χ3v) is 3.72. The molecule has 0 bridgehead atoms. The molecule has 0 saturated heterocycles. The van der Waals surface area contributed by atoms with Gasteiger partial charge in [-0.15, -0.1) is 0 Å². The predicted molar refractivity (Wildman–Crippen MR) is 75.9 cm³/mol. The van der Waals surface area contributed by atoms with Gasteiger partial charge < -0.3 is 10.2 Å². The van der Waals surface area contributed by atoms with Gasteiger partial charge in [0.2, 0.25) is 0 Å². The van der Waals surface area contributed by atoms with Crippen molar-refractivity contribution in [1.82, 2.24) is 0 Å². The molecule has 0 amide bonds. The molecule has 1 saturated carbocycles. The van der Waals surface area contributed by atoms with Crippen LogP contribution in [-0.4, -0.2) is 19.1 Å². The van der Waals surface area contributed by atoms with E-state index in [0.29, 0.717) is 6.04 Å². The lowest BCUT2D eigenvalue weighted by atomic mass is 10.2. The molecule has 0 spiro atoms. The van der Waals surface area contributed by atoms with Crippen molar-refractivity contribution in [2.75, 3.05) is 23.3 Å². The normalized spacial score (nSPS) is 16.1. The SMILES string of the molecule is CCN(CC)c1ccc(NC2CCCC2)cc1. The Labute approximate surface area is 105 Å². The quantitative estimate of drug-likeness (QED) is 0.828. The van der Waals surface area contributed by atoms with Gasteiger partial charge in [0, 0.05) is 30.5 Å². The van der Waals surface area contributed by atoms with E-state index in [1.54, 1.807) is 0 Å². The lowest BCUT2D eigenvalue weighted by Crippen LogP contribution is -2.21. The first-order valence-electron chi connectivity index (χ1n) is 6.95. The molecule has 0 aromatic heterocycles. The van der Waals surface area contributed by atoms with Crippen molar-refractivity contribution in [3.8, 4) is 0 Å². The summed E-state index contributed by atoms with van der Waals surface area (Å²) in [5, 5.41) is 3.62. The van der Waals surface area contributed by atoms with Crippen LogP contribution in [0.4, 0.5) is 11.4 Å². The van der Waals surface area contributed by atoms with Crippen molar-refractivity contribution in [3.63, 3.8) is 0 Å². The Balaban J connectivity index is 1.96. The molecular formula is C15H24N2. The third-order valence-electron chi connectivity index (χ3n) is 3.72. The van der Waals surface area contributed by atoms with Gasteiger partial charge in [-0.1, -0.05) is 12.8 Å². The predicted octanol–water partition coefficient (Wildman–Crippen LogP) is 3.89. The second-order valence-electron chi connectivity index (χ2n) is 4.84. The topological polar surface area (TPSA) is 15.3 Å². The van der Waals surface area contributed by atoms with Crippen LogP contribution in [-0.2, 0) is 0 Å². The van der Waals surface area contributed by atoms with Gasteiger partial charge in [-0.2, -0.15) is 0 Å². The van der Waals surface area contributed by atoms with Crippen molar-refractivity contribution in [2.24, 2.45) is 0 Å². The molecule has 94 valence electrons. The van der Waals surface area contributed by atoms with Crippen molar-refractivity contribution in [3.05, 3.63) is 24.3 Å². The Morgan fingerprint density at radius 2 is 1.65 bits per heavy atom. The highest BCUT2D eigenvalue weighted by Crippen LogP contribution is 2.24. The molecule has 1 aliphatic carbocycles. The fraction of sp³-hybridized carbons (Fsp3) is 0.600. The lowest BCUT2D eigenvalue weighted by Gasteiger charge is -2.21. The van der Waals surface area contributed by atoms with Crippen LogP contribution in [0, 0.1) is 0 Å². The van der Waals surface area contributed by atoms with E-state index in [9.17, 15) is 0 Å². The molecule has 0 unspecified atom stereocenters. The van der Waals surface area contributed by atoms with Crippen molar-refractivity contribution >= 4 is 11.4 Å². The fourth-order valence-corrected chi connectivity index (χ4v) is 2.66. The molecule has 1 N–H and O–H groups in total. The lowest BCUT2D eigenvalue weighted by molar-refractivity contribution is 0.755. The number of nitrogens with one attached hydrogen (secondary N) is 1. The molecule has 1 aromatic rings. The van der Waals surface area contributed by atoms with Gasteiger partial charge in [-0.3, -0.25) is 0 Å². The van der Waals surface area contributed by atoms with Gasteiger partial charge in [-0.05, 0) is 51.0 Å². The first-order chi connectivity index (χ1) is 8.33. The van der Waals surface area contributed by atoms with Crippen molar-refractivity contribution in [2.45, 2.75) is 45.6 Å². The number of rotatable bonds is 5. The number of anilines is 2. The maximum atomic E-state index is 3.62. The summed E-state index contributed by atoms with van der Waals surface area (Å²) in [4.78, 5) is 2.37. The largest absolute Gasteiger partial charge is 0.382 e. The zero-order valence-electron chi connectivity index (χ0n) is 11.1. The molecule has 0 atom stereocenters. The maximum Gasteiger partial charge on any atom is 0.0367 e. The van der Waals surface area contributed by atoms with Crippen LogP contribution in [0.15, 0.2) is 24.3 Å². The van der Waals surface area contributed by atoms with Crippen LogP contribution in [0.1, 0.15) is 39.5 Å². The molecule has 17 heavy (non-hydrogen) atoms. The Morgan fingerprint density at radius 3 is 2.18 bits per heavy atom. The zero-order chi connectivity index (χ0) is 12.1. The van der Waals surface area contributed by atoms with Crippen LogP contribution in [0.25, 0.3) is 0 Å². The van der Waals surface area contributed by atoms with Crippen molar-refractivity contribution < 1.29 is 0 Å². The summed E-state index contributed by atoms with van der Waals surface area (Å²) in [6.45, 7) is 6.56. The first kappa shape index (κ1) is 12.3. The highest BCUT2D eigenvalue weighted by atomic mass is 15.1. The van der Waals surface area contributed by atoms with E-state index >= 15 is 0 Å². The van der Waals surface area contributed by atoms with Crippen molar-refractivity contribution in [1.29, 1.82) is 0 Å². The Hall–Kier alpha value is -1.18. The zero-order valence-corrected chi connectivity index (χ0v) is 11.1. The Kier molecular flexibility index (Phi) is 4.29. The van der Waals surface area contributed by atoms with Crippen LogP contribution in [0.2, 0.25) is 0 Å². The van der Waals surface area contributed by atoms with Gasteiger partial charge in [-0.25, -0.2) is 0 Å². The highest BCUT2D eigenvalue weighted by molar-refractivity contribution is 5.55. The van der Waals surface area contributed by atoms with Crippen LogP contribution >= 0.6 is 0 Å². The average molecular weight is 232 g/mol. The monoisotopic (exact) mass is 232 g/mol. The molecule has 0 radical (unpaired) electrons. The van der Waals surface area contributed by atoms with Gasteiger partial charge in [0.05, 0.1) is 0 Å². The average Bonchev–Trinajstić information content (AvgIpc) is 2.86. The van der Waals surface area contributed by atoms with Crippen LogP contribution in [0.5, 0.6) is 0 Å². The minimum Gasteiger partial charge on any atom is -0.382 e. The number of benzene rings is 1. The number of nitrogens with zero attached hydrogens (tertiary/aromatic N) is 1. The van der Waals surface area contributed by atoms with E-state index in [4.69, 9.17) is 0 Å². The summed E-state index contributed by atoms with van der Waals surface area (Å²) in [5.41, 5.74) is 2.60. The summed E-state index contributed by atoms with van der Waals surface area (Å²) in [7, 11) is 0. The third kappa shape index (κ3) is 3.15. The fourth-order valence-electron chi connectivity index (χ4n) is 2.66. The van der Waals surface area contributed by atoms with E-state index < -0.39 is 0 Å². The summed E-state index contributed by atoms with van der Waals surface area (Å²) in [6, 6.07) is 9.58. The van der Waals surface area contributed by atoms with E-state index in [0.717, 1.165) is 13.1 Å². The van der Waals surface area contributed by atoms with Gasteiger partial charge >= 0.3 is 0 Å². The molecule has 1 aromatic carbocycles. The van der Waals surface area contributed by atoms with Gasteiger partial charge in [0.1, 0.15) is 0 Å². The number of hydrogen-bond acceptors (Lipinski definition) is 2. The minimum absolute atomic E-state index is 0.703. The summed E-state index contributed by atoms with van der Waals surface area (Å²) >= 11 is 0. The highest BCUT2D eigenvalue weighted by Gasteiger charge is 2.14. The minimum atomic E-state index is 0.703. The number of hydrogen-bond donors (Lipinski definition) is 1. The second-order valence-corrected chi connectivity index (χ2v) is 4.84. The van der Waals surface area contributed by atoms with E-state index in [1.165, 1.54) is 37.1 Å². The van der Waals surface area contributed by atoms with E-state index in [-0.39, 0.29) is 0 Å². The molecule has 2 nitrogen and oxygen atoms in total. The molecule has 2 rings (SSSR count). The molecule has 0 aliphatic heterocycles. The molecule has 1 fully saturated rings. The Morgan fingerprint density at radius 1 is 1.06 bits per heavy atom. The van der Waals surface area contributed by atoms with E-state index in [2.05, 4.69) is 48.3 Å². The first-order valence-corrected chi connectivity index (χ1v) is 6.95. The molecule has 1 aliphatic rings. The van der Waals surface area contributed by atoms with E-state index in [1.807, 2.05) is 0 Å². The maximum absolute atomic E-state index is 3.62. The summed E-state index contributed by atoms with van der Waals surface area (Å²) in [6.07, 6.45) is 5.43. The summed E-state index contributed by atoms with van der Waals surface area (Å²) < 4.78 is 0. The summed E-state index contributed by atoms with van der Waals surface area (Å²) in [5.74, 6) is 0. The van der Waals surface area contributed by atoms with Crippen LogP contribution in [0.3, 0.4) is 0 Å². The van der Waals surface area contributed by atoms with Crippen LogP contribution < -0.4 is 10.2 Å². The smallest absolute Gasteiger partial charge is 0.0367 e. The van der Waals surface area contributed by atoms with Gasteiger partial charge in [0.25, 0.3) is 0 Å². The van der Waals surface area contributed by atoms with Gasteiger partial charge in [0.15, 0.2) is 0 Å². The standard InChI is InChI=1S/C15H24N2/c1-3-17(4-2)15-11-9-14(10-12-15)16-13-7-5-6-8-13/h9-13,16H,3-8H2,1-2H3. The Bertz CT molecular complexity index is 321. The molecular weight excluding hydrogens is 208 g/mol.